The van der Waals surface area contributed by atoms with Gasteiger partial charge < -0.3 is 35.2 Å². The summed E-state index contributed by atoms with van der Waals surface area (Å²) in [6, 6.07) is 0.531. The van der Waals surface area contributed by atoms with E-state index in [1.165, 1.54) is 12.3 Å². The molecule has 1 aromatic rings. The van der Waals surface area contributed by atoms with E-state index in [1.807, 2.05) is 0 Å². The third kappa shape index (κ3) is 7.33. The van der Waals surface area contributed by atoms with Crippen molar-refractivity contribution in [3.63, 3.8) is 0 Å². The van der Waals surface area contributed by atoms with E-state index >= 15 is 0 Å². The van der Waals surface area contributed by atoms with Gasteiger partial charge in [-0.25, -0.2) is 18.5 Å². The molecule has 0 bridgehead atoms. The predicted octanol–water partition coefficient (Wildman–Crippen LogP) is -1.14. The average molecular weight is 481 g/mol. The fourth-order valence-electron chi connectivity index (χ4n) is 2.43. The molecule has 0 aliphatic carbocycles. The van der Waals surface area contributed by atoms with Gasteiger partial charge >= 0.3 is 29.2 Å². The van der Waals surface area contributed by atoms with Crippen molar-refractivity contribution in [3.8, 4) is 0 Å². The second-order valence-electron chi connectivity index (χ2n) is 5.68. The molecule has 1 aliphatic rings. The van der Waals surface area contributed by atoms with E-state index in [4.69, 9.17) is 25.2 Å². The highest BCUT2D eigenvalue weighted by molar-refractivity contribution is 7.66. The molecule has 5 atom stereocenters. The Kier molecular flexibility index (Phi) is 7.55. The molecule has 166 valence electrons. The molecule has 19 heteroatoms. The van der Waals surface area contributed by atoms with Gasteiger partial charge in [-0.2, -0.15) is 13.6 Å². The lowest BCUT2D eigenvalue weighted by Crippen LogP contribution is -2.35. The van der Waals surface area contributed by atoms with Crippen LogP contribution in [0, 0.1) is 0 Å². The smallest absolute Gasteiger partial charge is 0.388 e. The van der Waals surface area contributed by atoms with Gasteiger partial charge in [0, 0.05) is 12.6 Å². The van der Waals surface area contributed by atoms with Crippen LogP contribution >= 0.6 is 23.5 Å². The van der Waals surface area contributed by atoms with Crippen LogP contribution in [0.1, 0.15) is 12.5 Å². The SMILES string of the molecule is Nc1ccn([C@H]2CO[C@@H](CCOP(=O)(O)OP(=O)(O)OP(=O)(O)O)[C@@H]2O)c(=O)n1. The molecule has 1 aromatic heterocycles. The summed E-state index contributed by atoms with van der Waals surface area (Å²) in [5, 5.41) is 10.3. The lowest BCUT2D eigenvalue weighted by atomic mass is 10.1. The Morgan fingerprint density at radius 1 is 1.21 bits per heavy atom. The summed E-state index contributed by atoms with van der Waals surface area (Å²) in [6.07, 6.45) is -1.08. The molecule has 0 amide bonds. The molecular weight excluding hydrogens is 463 g/mol. The summed E-state index contributed by atoms with van der Waals surface area (Å²) in [5.74, 6) is -0.00722. The van der Waals surface area contributed by atoms with E-state index in [1.54, 1.807) is 0 Å². The second-order valence-corrected chi connectivity index (χ2v) is 10.1. The Balaban J connectivity index is 1.90. The molecule has 0 radical (unpaired) electrons. The Morgan fingerprint density at radius 2 is 1.86 bits per heavy atom. The maximum absolute atomic E-state index is 11.8. The number of phosphoric acid groups is 3. The van der Waals surface area contributed by atoms with Crippen molar-refractivity contribution in [2.75, 3.05) is 18.9 Å². The third-order valence-electron chi connectivity index (χ3n) is 3.54. The molecule has 1 aliphatic heterocycles. The van der Waals surface area contributed by atoms with Gasteiger partial charge in [-0.15, -0.1) is 0 Å². The Labute approximate surface area is 162 Å². The number of aliphatic hydroxyl groups excluding tert-OH is 1. The minimum absolute atomic E-state index is 0.00722. The number of rotatable bonds is 9. The third-order valence-corrected chi connectivity index (χ3v) is 7.37. The van der Waals surface area contributed by atoms with Crippen molar-refractivity contribution in [2.24, 2.45) is 0 Å². The second kappa shape index (κ2) is 9.02. The summed E-state index contributed by atoms with van der Waals surface area (Å²) in [7, 11) is -16.4. The first-order valence-electron chi connectivity index (χ1n) is 7.62. The van der Waals surface area contributed by atoms with Gasteiger partial charge in [0.2, 0.25) is 0 Å². The first-order valence-corrected chi connectivity index (χ1v) is 12.1. The van der Waals surface area contributed by atoms with Crippen LogP contribution in [-0.4, -0.2) is 59.7 Å². The number of phosphoric ester groups is 1. The molecule has 7 N–H and O–H groups in total. The summed E-state index contributed by atoms with van der Waals surface area (Å²) in [6.45, 7) is -0.723. The molecule has 0 spiro atoms. The Morgan fingerprint density at radius 3 is 2.45 bits per heavy atom. The summed E-state index contributed by atoms with van der Waals surface area (Å²) in [5.41, 5.74) is 4.67. The monoisotopic (exact) mass is 481 g/mol. The quantitative estimate of drug-likeness (QED) is 0.228. The largest absolute Gasteiger partial charge is 0.490 e. The molecule has 29 heavy (non-hydrogen) atoms. The van der Waals surface area contributed by atoms with Crippen LogP contribution in [0.25, 0.3) is 0 Å². The zero-order valence-corrected chi connectivity index (χ0v) is 17.0. The minimum Gasteiger partial charge on any atom is -0.388 e. The number of aliphatic hydroxyl groups is 1. The predicted molar refractivity (Wildman–Crippen MR) is 92.1 cm³/mol. The average Bonchev–Trinajstić information content (AvgIpc) is 2.84. The minimum atomic E-state index is -5.61. The molecule has 0 aromatic carbocycles. The Hall–Kier alpha value is -0.990. The van der Waals surface area contributed by atoms with Gasteiger partial charge in [0.15, 0.2) is 0 Å². The van der Waals surface area contributed by atoms with Crippen molar-refractivity contribution < 1.29 is 56.3 Å². The Bertz CT molecular complexity index is 931. The molecular formula is C10H18N3O13P3. The van der Waals surface area contributed by atoms with Crippen molar-refractivity contribution in [3.05, 3.63) is 22.7 Å². The number of anilines is 1. The maximum atomic E-state index is 11.8. The first-order chi connectivity index (χ1) is 13.2. The number of nitrogen functional groups attached to an aromatic ring is 1. The van der Waals surface area contributed by atoms with Gasteiger partial charge in [0.25, 0.3) is 0 Å². The van der Waals surface area contributed by atoms with Crippen molar-refractivity contribution in [2.45, 2.75) is 24.7 Å². The summed E-state index contributed by atoms with van der Waals surface area (Å²) < 4.78 is 51.3. The van der Waals surface area contributed by atoms with E-state index in [2.05, 4.69) is 18.1 Å². The zero-order chi connectivity index (χ0) is 22.0. The molecule has 2 unspecified atom stereocenters. The van der Waals surface area contributed by atoms with Gasteiger partial charge in [0.05, 0.1) is 25.4 Å². The lowest BCUT2D eigenvalue weighted by molar-refractivity contribution is 0.0226. The van der Waals surface area contributed by atoms with Crippen molar-refractivity contribution in [1.82, 2.24) is 9.55 Å². The van der Waals surface area contributed by atoms with Crippen LogP contribution in [0.15, 0.2) is 17.1 Å². The van der Waals surface area contributed by atoms with Crippen LogP contribution in [0.3, 0.4) is 0 Å². The molecule has 1 fully saturated rings. The summed E-state index contributed by atoms with van der Waals surface area (Å²) in [4.78, 5) is 50.6. The molecule has 16 nitrogen and oxygen atoms in total. The number of nitrogens with two attached hydrogens (primary N) is 1. The van der Waals surface area contributed by atoms with E-state index in [9.17, 15) is 28.5 Å². The van der Waals surface area contributed by atoms with Gasteiger partial charge in [-0.3, -0.25) is 9.09 Å². The highest BCUT2D eigenvalue weighted by Crippen LogP contribution is 2.66. The maximum Gasteiger partial charge on any atom is 0.490 e. The van der Waals surface area contributed by atoms with Crippen LogP contribution in [0.2, 0.25) is 0 Å². The van der Waals surface area contributed by atoms with Crippen LogP contribution < -0.4 is 11.4 Å². The molecule has 0 saturated carbocycles. The number of ether oxygens (including phenoxy) is 1. The highest BCUT2D eigenvalue weighted by Gasteiger charge is 2.41. The topological polar surface area (TPSA) is 250 Å². The first kappa shape index (κ1) is 24.3. The lowest BCUT2D eigenvalue weighted by Gasteiger charge is -2.20. The number of aromatic nitrogens is 2. The van der Waals surface area contributed by atoms with Crippen molar-refractivity contribution >= 4 is 29.3 Å². The molecule has 2 rings (SSSR count). The fraction of sp³-hybridized carbons (Fsp3) is 0.600. The van der Waals surface area contributed by atoms with Gasteiger partial charge in [-0.1, -0.05) is 0 Å². The van der Waals surface area contributed by atoms with E-state index < -0.39 is 54.0 Å². The standard InChI is InChI=1S/C10H18N3O13P3/c11-8-1-3-13(10(15)12-8)6-5-23-7(9(6)14)2-4-24-28(19,20)26-29(21,22)25-27(16,17)18/h1,3,6-7,9,14H,2,4-5H2,(H,19,20)(H,21,22)(H2,11,12,15)(H2,16,17,18)/t6-,7-,9+/m0/s1. The normalized spacial score (nSPS) is 26.7. The van der Waals surface area contributed by atoms with Crippen LogP contribution in [-0.2, 0) is 31.6 Å². The van der Waals surface area contributed by atoms with Gasteiger partial charge in [-0.05, 0) is 6.07 Å². The number of nitrogens with zero attached hydrogens (tertiary/aromatic N) is 2. The molecule has 2 heterocycles. The number of hydrogen-bond donors (Lipinski definition) is 6. The van der Waals surface area contributed by atoms with Crippen LogP contribution in [0.5, 0.6) is 0 Å². The van der Waals surface area contributed by atoms with E-state index in [0.29, 0.717) is 0 Å². The molecule has 1 saturated heterocycles. The zero-order valence-electron chi connectivity index (χ0n) is 14.3. The highest BCUT2D eigenvalue weighted by atomic mass is 31.3. The fourth-order valence-corrected chi connectivity index (χ4v) is 5.46. The van der Waals surface area contributed by atoms with Gasteiger partial charge in [0.1, 0.15) is 11.9 Å². The van der Waals surface area contributed by atoms with E-state index in [0.717, 1.165) is 4.57 Å². The van der Waals surface area contributed by atoms with Crippen LogP contribution in [0.4, 0.5) is 5.82 Å². The summed E-state index contributed by atoms with van der Waals surface area (Å²) >= 11 is 0. The van der Waals surface area contributed by atoms with Crippen molar-refractivity contribution in [1.29, 1.82) is 0 Å². The number of hydrogen-bond acceptors (Lipinski definition) is 11. The van der Waals surface area contributed by atoms with E-state index in [-0.39, 0.29) is 18.8 Å².